The zero-order valence-electron chi connectivity index (χ0n) is 6.50. The van der Waals surface area contributed by atoms with E-state index >= 15 is 0 Å². The predicted molar refractivity (Wildman–Crippen MR) is 50.7 cm³/mol. The highest BCUT2D eigenvalue weighted by Gasteiger charge is 2.05. The van der Waals surface area contributed by atoms with E-state index in [1.165, 1.54) is 16.0 Å². The molecular formula is C10H10S. The Morgan fingerprint density at radius 3 is 2.91 bits per heavy atom. The first-order valence-corrected chi connectivity index (χ1v) is 4.65. The van der Waals surface area contributed by atoms with Gasteiger partial charge in [-0.2, -0.15) is 0 Å². The molecule has 0 spiro atoms. The third kappa shape index (κ3) is 1.29. The van der Waals surface area contributed by atoms with Gasteiger partial charge in [-0.25, -0.2) is 0 Å². The van der Waals surface area contributed by atoms with Gasteiger partial charge in [-0.05, 0) is 30.4 Å². The van der Waals surface area contributed by atoms with Crippen molar-refractivity contribution in [3.63, 3.8) is 0 Å². The molecule has 0 aromatic carbocycles. The van der Waals surface area contributed by atoms with E-state index in [-0.39, 0.29) is 0 Å². The van der Waals surface area contributed by atoms with Crippen molar-refractivity contribution in [1.29, 1.82) is 0 Å². The maximum atomic E-state index is 2.27. The second kappa shape index (κ2) is 2.67. The lowest BCUT2D eigenvalue weighted by atomic mass is 10.2. The van der Waals surface area contributed by atoms with Gasteiger partial charge in [0.05, 0.1) is 0 Å². The molecule has 0 amide bonds. The molecule has 1 aromatic heterocycles. The smallest absolute Gasteiger partial charge is 0.0305 e. The Morgan fingerprint density at radius 2 is 2.36 bits per heavy atom. The molecule has 0 fully saturated rings. The molecule has 0 aliphatic heterocycles. The fraction of sp³-hybridized carbons (Fsp3) is 0.200. The molecule has 1 aliphatic carbocycles. The molecule has 2 rings (SSSR count). The Hall–Kier alpha value is -0.820. The number of thiophene rings is 1. The zero-order chi connectivity index (χ0) is 7.68. The van der Waals surface area contributed by atoms with E-state index in [1.807, 2.05) is 11.3 Å². The maximum Gasteiger partial charge on any atom is 0.0305 e. The summed E-state index contributed by atoms with van der Waals surface area (Å²) in [4.78, 5) is 1.41. The van der Waals surface area contributed by atoms with Crippen LogP contribution in [0.2, 0.25) is 0 Å². The number of hydrogen-bond acceptors (Lipinski definition) is 1. The lowest BCUT2D eigenvalue weighted by Crippen LogP contribution is -1.70. The topological polar surface area (TPSA) is 0 Å². The fourth-order valence-corrected chi connectivity index (χ4v) is 2.05. The van der Waals surface area contributed by atoms with E-state index in [9.17, 15) is 0 Å². The van der Waals surface area contributed by atoms with Crippen LogP contribution in [0.3, 0.4) is 0 Å². The second-order valence-corrected chi connectivity index (χ2v) is 3.75. The van der Waals surface area contributed by atoms with Crippen molar-refractivity contribution in [3.05, 3.63) is 40.1 Å². The van der Waals surface area contributed by atoms with Crippen molar-refractivity contribution in [2.24, 2.45) is 0 Å². The van der Waals surface area contributed by atoms with E-state index in [0.29, 0.717) is 0 Å². The molecule has 0 unspecified atom stereocenters. The summed E-state index contributed by atoms with van der Waals surface area (Å²) in [6, 6.07) is 4.29. The van der Waals surface area contributed by atoms with E-state index in [1.54, 1.807) is 0 Å². The Labute approximate surface area is 70.9 Å². The minimum Gasteiger partial charge on any atom is -0.144 e. The molecule has 1 heteroatoms. The van der Waals surface area contributed by atoms with Crippen molar-refractivity contribution in [1.82, 2.24) is 0 Å². The molecular weight excluding hydrogens is 152 g/mol. The van der Waals surface area contributed by atoms with E-state index in [2.05, 4.69) is 36.6 Å². The van der Waals surface area contributed by atoms with Crippen LogP contribution in [0, 0.1) is 0 Å². The molecule has 0 N–H and O–H groups in total. The molecule has 1 aromatic rings. The maximum absolute atomic E-state index is 2.27. The van der Waals surface area contributed by atoms with Crippen molar-refractivity contribution in [2.45, 2.75) is 13.3 Å². The Kier molecular flexibility index (Phi) is 1.66. The molecule has 1 aliphatic rings. The van der Waals surface area contributed by atoms with Crippen LogP contribution in [-0.4, -0.2) is 0 Å². The van der Waals surface area contributed by atoms with Gasteiger partial charge in [0.25, 0.3) is 0 Å². The third-order valence-electron chi connectivity index (χ3n) is 1.88. The Bertz CT molecular complexity index is 302. The summed E-state index contributed by atoms with van der Waals surface area (Å²) < 4.78 is 0. The molecule has 0 bridgehead atoms. The summed E-state index contributed by atoms with van der Waals surface area (Å²) >= 11 is 1.82. The van der Waals surface area contributed by atoms with Crippen LogP contribution in [-0.2, 0) is 0 Å². The lowest BCUT2D eigenvalue weighted by molar-refractivity contribution is 1.44. The minimum atomic E-state index is 1.12. The third-order valence-corrected chi connectivity index (χ3v) is 2.83. The fourth-order valence-electron chi connectivity index (χ4n) is 1.30. The minimum absolute atomic E-state index is 1.12. The summed E-state index contributed by atoms with van der Waals surface area (Å²) in [7, 11) is 0. The normalized spacial score (nSPS) is 16.5. The van der Waals surface area contributed by atoms with Crippen LogP contribution < -0.4 is 0 Å². The van der Waals surface area contributed by atoms with Gasteiger partial charge in [0, 0.05) is 4.88 Å². The first-order valence-electron chi connectivity index (χ1n) is 3.77. The van der Waals surface area contributed by atoms with Crippen LogP contribution in [0.1, 0.15) is 18.2 Å². The summed E-state index contributed by atoms with van der Waals surface area (Å²) in [6.45, 7) is 2.15. The number of hydrogen-bond donors (Lipinski definition) is 0. The van der Waals surface area contributed by atoms with Gasteiger partial charge in [0.1, 0.15) is 0 Å². The Balaban J connectivity index is 2.28. The quantitative estimate of drug-likeness (QED) is 0.593. The zero-order valence-corrected chi connectivity index (χ0v) is 7.32. The second-order valence-electron chi connectivity index (χ2n) is 2.80. The average molecular weight is 162 g/mol. The van der Waals surface area contributed by atoms with Crippen LogP contribution in [0.5, 0.6) is 0 Å². The van der Waals surface area contributed by atoms with E-state index in [0.717, 1.165) is 6.42 Å². The average Bonchev–Trinajstić information content (AvgIpc) is 2.55. The highest BCUT2D eigenvalue weighted by molar-refractivity contribution is 7.11. The highest BCUT2D eigenvalue weighted by Crippen LogP contribution is 2.29. The SMILES string of the molecule is CC1=CCC(c2cccs2)=C1. The largest absolute Gasteiger partial charge is 0.144 e. The summed E-state index contributed by atoms with van der Waals surface area (Å²) in [6.07, 6.45) is 5.66. The molecule has 0 nitrogen and oxygen atoms in total. The van der Waals surface area contributed by atoms with Gasteiger partial charge in [-0.3, -0.25) is 0 Å². The van der Waals surface area contributed by atoms with Gasteiger partial charge in [-0.1, -0.05) is 23.8 Å². The number of rotatable bonds is 1. The first-order chi connectivity index (χ1) is 5.36. The van der Waals surface area contributed by atoms with Gasteiger partial charge < -0.3 is 0 Å². The molecule has 1 heterocycles. The van der Waals surface area contributed by atoms with Gasteiger partial charge >= 0.3 is 0 Å². The first kappa shape index (κ1) is 6.86. The van der Waals surface area contributed by atoms with Crippen molar-refractivity contribution < 1.29 is 0 Å². The molecule has 0 saturated heterocycles. The van der Waals surface area contributed by atoms with E-state index < -0.39 is 0 Å². The standard InChI is InChI=1S/C10H10S/c1-8-4-5-9(7-8)10-3-2-6-11-10/h2-4,6-7H,5H2,1H3. The van der Waals surface area contributed by atoms with Crippen LogP contribution in [0.15, 0.2) is 35.2 Å². The molecule has 0 saturated carbocycles. The van der Waals surface area contributed by atoms with Gasteiger partial charge in [0.2, 0.25) is 0 Å². The molecule has 11 heavy (non-hydrogen) atoms. The summed E-state index contributed by atoms with van der Waals surface area (Å²) in [5, 5.41) is 2.13. The van der Waals surface area contributed by atoms with E-state index in [4.69, 9.17) is 0 Å². The highest BCUT2D eigenvalue weighted by atomic mass is 32.1. The monoisotopic (exact) mass is 162 g/mol. The Morgan fingerprint density at radius 1 is 1.45 bits per heavy atom. The molecule has 0 atom stereocenters. The predicted octanol–water partition coefficient (Wildman–Crippen LogP) is 3.48. The van der Waals surface area contributed by atoms with Crippen LogP contribution >= 0.6 is 11.3 Å². The van der Waals surface area contributed by atoms with Gasteiger partial charge in [0.15, 0.2) is 0 Å². The lowest BCUT2D eigenvalue weighted by Gasteiger charge is -1.93. The molecule has 0 radical (unpaired) electrons. The molecule has 56 valence electrons. The van der Waals surface area contributed by atoms with Crippen molar-refractivity contribution in [2.75, 3.05) is 0 Å². The number of allylic oxidation sites excluding steroid dienone is 4. The van der Waals surface area contributed by atoms with Crippen molar-refractivity contribution in [3.8, 4) is 0 Å². The summed E-state index contributed by atoms with van der Waals surface area (Å²) in [5.41, 5.74) is 2.87. The van der Waals surface area contributed by atoms with Crippen LogP contribution in [0.25, 0.3) is 5.57 Å². The van der Waals surface area contributed by atoms with Crippen molar-refractivity contribution >= 4 is 16.9 Å². The van der Waals surface area contributed by atoms with Gasteiger partial charge in [-0.15, -0.1) is 11.3 Å². The summed E-state index contributed by atoms with van der Waals surface area (Å²) in [5.74, 6) is 0. The van der Waals surface area contributed by atoms with Crippen LogP contribution in [0.4, 0.5) is 0 Å².